The summed E-state index contributed by atoms with van der Waals surface area (Å²) in [6.07, 6.45) is 1.49. The Morgan fingerprint density at radius 2 is 1.57 bits per heavy atom. The molecule has 0 aliphatic carbocycles. The van der Waals surface area contributed by atoms with Crippen molar-refractivity contribution in [3.05, 3.63) is 59.7 Å². The second kappa shape index (κ2) is 10.3. The number of carbonyl (C=O) groups excluding carboxylic acids is 1. The van der Waals surface area contributed by atoms with E-state index in [9.17, 15) is 13.2 Å². The number of sulfone groups is 1. The second-order valence-electron chi connectivity index (χ2n) is 7.25. The van der Waals surface area contributed by atoms with Crippen molar-refractivity contribution in [3.8, 4) is 17.2 Å². The molecule has 0 bridgehead atoms. The second-order valence-corrected chi connectivity index (χ2v) is 10.2. The molecular weight excluding hydrogens is 492 g/mol. The number of fused-ring (bicyclic) bond motifs is 1. The normalized spacial score (nSPS) is 16.6. The number of methoxy groups -OCH3 is 1. The fourth-order valence-electron chi connectivity index (χ4n) is 3.15. The maximum absolute atomic E-state index is 12.5. The summed E-state index contributed by atoms with van der Waals surface area (Å²) in [6, 6.07) is 14.1. The molecule has 2 aromatic rings. The summed E-state index contributed by atoms with van der Waals surface area (Å²) in [5, 5.41) is 8.21. The van der Waals surface area contributed by atoms with Gasteiger partial charge in [0.1, 0.15) is 36.3 Å². The number of amidine groups is 3. The van der Waals surface area contributed by atoms with Crippen LogP contribution in [0.1, 0.15) is 12.5 Å². The molecule has 4 rings (SSSR count). The summed E-state index contributed by atoms with van der Waals surface area (Å²) >= 11 is 0.767. The first-order valence-corrected chi connectivity index (χ1v) is 13.0. The quantitative estimate of drug-likeness (QED) is 0.323. The van der Waals surface area contributed by atoms with E-state index in [1.165, 1.54) is 13.0 Å². The van der Waals surface area contributed by atoms with E-state index in [0.717, 1.165) is 22.6 Å². The lowest BCUT2D eigenvalue weighted by Crippen LogP contribution is -2.45. The largest absolute Gasteiger partial charge is 0.497 e. The maximum atomic E-state index is 12.5. The van der Waals surface area contributed by atoms with Crippen LogP contribution < -0.4 is 14.2 Å². The number of hydrogen-bond acceptors (Lipinski definition) is 9. The van der Waals surface area contributed by atoms with Gasteiger partial charge in [0, 0.05) is 0 Å². The monoisotopic (exact) mass is 514 g/mol. The Kier molecular flexibility index (Phi) is 7.22. The lowest BCUT2D eigenvalue weighted by molar-refractivity contribution is -0.114. The first-order valence-electron chi connectivity index (χ1n) is 10.5. The molecular formula is C23H22N4O6S2. The van der Waals surface area contributed by atoms with Crippen LogP contribution in [0.5, 0.6) is 17.2 Å². The topological polar surface area (TPSA) is 131 Å². The van der Waals surface area contributed by atoms with Crippen LogP contribution in [0.2, 0.25) is 0 Å². The molecule has 1 amide bonds. The summed E-state index contributed by atoms with van der Waals surface area (Å²) in [5.41, 5.74) is 0.596. The Morgan fingerprint density at radius 1 is 1.00 bits per heavy atom. The minimum Gasteiger partial charge on any atom is -0.497 e. The van der Waals surface area contributed by atoms with Gasteiger partial charge in [0.05, 0.1) is 30.4 Å². The molecule has 2 aliphatic heterocycles. The van der Waals surface area contributed by atoms with E-state index in [4.69, 9.17) is 19.6 Å². The molecule has 12 heteroatoms. The molecule has 0 fully saturated rings. The van der Waals surface area contributed by atoms with Crippen molar-refractivity contribution in [1.82, 2.24) is 4.90 Å². The predicted molar refractivity (Wildman–Crippen MR) is 135 cm³/mol. The first-order chi connectivity index (χ1) is 16.8. The van der Waals surface area contributed by atoms with Crippen LogP contribution in [0.4, 0.5) is 0 Å². The molecule has 0 saturated carbocycles. The molecule has 0 unspecified atom stereocenters. The number of amides is 1. The smallest absolute Gasteiger partial charge is 0.283 e. The Hall–Kier alpha value is -3.64. The van der Waals surface area contributed by atoms with Gasteiger partial charge in [-0.1, -0.05) is 19.1 Å². The van der Waals surface area contributed by atoms with Gasteiger partial charge in [0.2, 0.25) is 20.2 Å². The van der Waals surface area contributed by atoms with Gasteiger partial charge in [0.15, 0.2) is 0 Å². The molecule has 10 nitrogen and oxygen atoms in total. The standard InChI is InChI=1S/C23H22N4O6S2/c1-3-35(29,30)23-26-34-22-25-21(28)19(20(24)27(22)23)14-15-4-6-17(7-5-15)32-12-13-33-18-10-8-16(31-2)9-11-18/h4-11,14,24H,3,12-13H2,1-2H3/b19-14-,24-20?. The number of rotatable bonds is 8. The average Bonchev–Trinajstić information content (AvgIpc) is 3.30. The number of carbonyl (C=O) groups is 1. The highest BCUT2D eigenvalue weighted by molar-refractivity contribution is 8.16. The molecule has 0 aromatic heterocycles. The minimum absolute atomic E-state index is 0.0307. The zero-order valence-electron chi connectivity index (χ0n) is 18.9. The summed E-state index contributed by atoms with van der Waals surface area (Å²) < 4.78 is 45.0. The molecule has 0 atom stereocenters. The van der Waals surface area contributed by atoms with Gasteiger partial charge in [0.25, 0.3) is 5.91 Å². The zero-order chi connectivity index (χ0) is 25.0. The Morgan fingerprint density at radius 3 is 2.14 bits per heavy atom. The van der Waals surface area contributed by atoms with Crippen molar-refractivity contribution in [2.45, 2.75) is 6.92 Å². The van der Waals surface area contributed by atoms with Crippen molar-refractivity contribution >= 4 is 49.9 Å². The number of benzene rings is 2. The van der Waals surface area contributed by atoms with Gasteiger partial charge in [-0.2, -0.15) is 9.39 Å². The van der Waals surface area contributed by atoms with E-state index in [1.54, 1.807) is 31.4 Å². The Balaban J connectivity index is 1.38. The molecule has 0 spiro atoms. The first kappa shape index (κ1) is 24.5. The third-order valence-corrected chi connectivity index (χ3v) is 7.43. The highest BCUT2D eigenvalue weighted by atomic mass is 32.2. The Labute approximate surface area is 206 Å². The number of aliphatic imine (C=N–C) groups is 1. The van der Waals surface area contributed by atoms with Crippen LogP contribution in [0, 0.1) is 5.41 Å². The third-order valence-electron chi connectivity index (χ3n) is 5.02. The zero-order valence-corrected chi connectivity index (χ0v) is 20.6. The van der Waals surface area contributed by atoms with Crippen LogP contribution >= 0.6 is 11.9 Å². The molecule has 1 N–H and O–H groups in total. The highest BCUT2D eigenvalue weighted by Gasteiger charge is 2.42. The summed E-state index contributed by atoms with van der Waals surface area (Å²) in [6.45, 7) is 2.16. The van der Waals surface area contributed by atoms with Crippen LogP contribution in [-0.4, -0.2) is 61.5 Å². The molecule has 2 heterocycles. The van der Waals surface area contributed by atoms with Gasteiger partial charge in [-0.3, -0.25) is 10.2 Å². The van der Waals surface area contributed by atoms with E-state index in [0.29, 0.717) is 30.3 Å². The highest BCUT2D eigenvalue weighted by Crippen LogP contribution is 2.30. The van der Waals surface area contributed by atoms with Crippen molar-refractivity contribution in [3.63, 3.8) is 0 Å². The number of nitrogens with one attached hydrogen (secondary N) is 1. The average molecular weight is 515 g/mol. The lowest BCUT2D eigenvalue weighted by atomic mass is 10.1. The molecule has 2 aliphatic rings. The van der Waals surface area contributed by atoms with E-state index in [-0.39, 0.29) is 27.5 Å². The molecule has 0 saturated heterocycles. The van der Waals surface area contributed by atoms with Crippen molar-refractivity contribution < 1.29 is 27.4 Å². The van der Waals surface area contributed by atoms with Crippen molar-refractivity contribution in [1.29, 1.82) is 5.41 Å². The van der Waals surface area contributed by atoms with Crippen LogP contribution in [-0.2, 0) is 14.6 Å². The van der Waals surface area contributed by atoms with Gasteiger partial charge in [-0.15, -0.1) is 0 Å². The Bertz CT molecular complexity index is 1330. The summed E-state index contributed by atoms with van der Waals surface area (Å²) in [4.78, 5) is 17.5. The van der Waals surface area contributed by atoms with Gasteiger partial charge in [-0.25, -0.2) is 13.3 Å². The van der Waals surface area contributed by atoms with E-state index in [2.05, 4.69) is 9.39 Å². The van der Waals surface area contributed by atoms with Crippen LogP contribution in [0.25, 0.3) is 6.08 Å². The fourth-order valence-corrected chi connectivity index (χ4v) is 5.11. The van der Waals surface area contributed by atoms with E-state index < -0.39 is 15.7 Å². The summed E-state index contributed by atoms with van der Waals surface area (Å²) in [5.74, 6) is 0.975. The number of ether oxygens (including phenoxy) is 3. The predicted octanol–water partition coefficient (Wildman–Crippen LogP) is 3.16. The van der Waals surface area contributed by atoms with E-state index in [1.807, 2.05) is 24.3 Å². The lowest BCUT2D eigenvalue weighted by Gasteiger charge is -2.24. The van der Waals surface area contributed by atoms with Crippen LogP contribution in [0.15, 0.2) is 63.5 Å². The molecule has 35 heavy (non-hydrogen) atoms. The minimum atomic E-state index is -3.69. The fraction of sp³-hybridized carbons (Fsp3) is 0.217. The number of hydrogen-bond donors (Lipinski definition) is 1. The van der Waals surface area contributed by atoms with Crippen LogP contribution in [0.3, 0.4) is 0 Å². The van der Waals surface area contributed by atoms with E-state index >= 15 is 0 Å². The van der Waals surface area contributed by atoms with Crippen molar-refractivity contribution in [2.75, 3.05) is 26.1 Å². The third kappa shape index (κ3) is 5.38. The maximum Gasteiger partial charge on any atom is 0.283 e. The van der Waals surface area contributed by atoms with Gasteiger partial charge < -0.3 is 14.2 Å². The van der Waals surface area contributed by atoms with Gasteiger partial charge in [-0.05, 0) is 48.0 Å². The molecule has 182 valence electrons. The van der Waals surface area contributed by atoms with Gasteiger partial charge >= 0.3 is 0 Å². The molecule has 2 aromatic carbocycles. The number of nitrogens with zero attached hydrogens (tertiary/aromatic N) is 3. The van der Waals surface area contributed by atoms with Crippen molar-refractivity contribution in [2.24, 2.45) is 9.39 Å². The SMILES string of the molecule is CCS(=O)(=O)C1=NSC2=NC(=O)/C(=C\c3ccc(OCCOc4ccc(OC)cc4)cc3)C(=N)N21. The summed E-state index contributed by atoms with van der Waals surface area (Å²) in [7, 11) is -2.09. The molecule has 0 radical (unpaired) electrons.